The number of fused-ring (bicyclic) bond motifs is 1. The molecule has 3 rings (SSSR count). The highest BCUT2D eigenvalue weighted by atomic mass is 16.6. The van der Waals surface area contributed by atoms with Crippen LogP contribution in [0.1, 0.15) is 15.9 Å². The molecular weight excluding hydrogens is 352 g/mol. The van der Waals surface area contributed by atoms with E-state index >= 15 is 0 Å². The maximum Gasteiger partial charge on any atom is 0.337 e. The molecule has 0 bridgehead atoms. The Morgan fingerprint density at radius 3 is 2.59 bits per heavy atom. The van der Waals surface area contributed by atoms with Gasteiger partial charge in [0.2, 0.25) is 0 Å². The summed E-state index contributed by atoms with van der Waals surface area (Å²) in [6, 6.07) is 11.8. The van der Waals surface area contributed by atoms with Gasteiger partial charge in [0.1, 0.15) is 13.2 Å². The van der Waals surface area contributed by atoms with Crippen LogP contribution in [0.2, 0.25) is 0 Å². The highest BCUT2D eigenvalue weighted by Crippen LogP contribution is 2.32. The number of methoxy groups -OCH3 is 1. The first kappa shape index (κ1) is 18.2. The number of nitrogens with zero attached hydrogens (tertiary/aromatic N) is 1. The third-order valence-corrected chi connectivity index (χ3v) is 3.63. The number of hydrogen-bond acceptors (Lipinski definition) is 7. The number of hydrogen-bond donors (Lipinski definition) is 1. The number of oxime groups is 1. The van der Waals surface area contributed by atoms with E-state index < -0.39 is 5.97 Å². The maximum atomic E-state index is 11.9. The topological polar surface area (TPSA) is 95.5 Å². The van der Waals surface area contributed by atoms with Crippen molar-refractivity contribution in [1.29, 1.82) is 0 Å². The van der Waals surface area contributed by atoms with Crippen molar-refractivity contribution in [3.8, 4) is 11.5 Å². The summed E-state index contributed by atoms with van der Waals surface area (Å²) in [4.78, 5) is 28.3. The van der Waals surface area contributed by atoms with E-state index in [0.717, 1.165) is 5.56 Å². The highest BCUT2D eigenvalue weighted by Gasteiger charge is 2.12. The number of carbonyl (C=O) groups is 2. The third kappa shape index (κ3) is 4.97. The van der Waals surface area contributed by atoms with E-state index in [2.05, 4.69) is 15.2 Å². The lowest BCUT2D eigenvalue weighted by atomic mass is 10.1. The standard InChI is InChI=1S/C19H18N2O6/c1-24-19(23)14-4-2-13(3-5-14)11-20-27-12-18(22)21-15-6-7-16-17(10-15)26-9-8-25-16/h2-7,10-11H,8-9,12H2,1H3,(H,21,22)/b20-11+. The van der Waals surface area contributed by atoms with Crippen LogP contribution in [0.5, 0.6) is 11.5 Å². The van der Waals surface area contributed by atoms with Gasteiger partial charge < -0.3 is 24.4 Å². The Hall–Kier alpha value is -3.55. The van der Waals surface area contributed by atoms with Gasteiger partial charge in [0.05, 0.1) is 18.9 Å². The number of carbonyl (C=O) groups excluding carboxylic acids is 2. The van der Waals surface area contributed by atoms with Crippen molar-refractivity contribution in [2.45, 2.75) is 0 Å². The molecule has 1 amide bonds. The van der Waals surface area contributed by atoms with E-state index in [-0.39, 0.29) is 12.5 Å². The zero-order valence-corrected chi connectivity index (χ0v) is 14.6. The maximum absolute atomic E-state index is 11.9. The largest absolute Gasteiger partial charge is 0.486 e. The SMILES string of the molecule is COC(=O)c1ccc(/C=N/OCC(=O)Nc2ccc3c(c2)OCCO3)cc1. The summed E-state index contributed by atoms with van der Waals surface area (Å²) in [5.74, 6) is 0.474. The quantitative estimate of drug-likeness (QED) is 0.476. The predicted molar refractivity (Wildman–Crippen MR) is 97.4 cm³/mol. The number of esters is 1. The molecule has 1 aliphatic rings. The minimum Gasteiger partial charge on any atom is -0.486 e. The van der Waals surface area contributed by atoms with Crippen LogP contribution in [-0.2, 0) is 14.4 Å². The van der Waals surface area contributed by atoms with E-state index in [1.807, 2.05) is 0 Å². The molecule has 1 aliphatic heterocycles. The van der Waals surface area contributed by atoms with Crippen molar-refractivity contribution in [3.63, 3.8) is 0 Å². The molecule has 2 aromatic carbocycles. The second-order valence-corrected chi connectivity index (χ2v) is 5.53. The predicted octanol–water partition coefficient (Wildman–Crippen LogP) is 2.23. The summed E-state index contributed by atoms with van der Waals surface area (Å²) in [6.45, 7) is 0.740. The summed E-state index contributed by atoms with van der Waals surface area (Å²) in [7, 11) is 1.32. The Balaban J connectivity index is 1.46. The van der Waals surface area contributed by atoms with Crippen molar-refractivity contribution < 1.29 is 28.6 Å². The van der Waals surface area contributed by atoms with E-state index in [1.165, 1.54) is 13.3 Å². The van der Waals surface area contributed by atoms with Gasteiger partial charge in [0, 0.05) is 11.8 Å². The van der Waals surface area contributed by atoms with Crippen molar-refractivity contribution in [3.05, 3.63) is 53.6 Å². The molecule has 8 heteroatoms. The fourth-order valence-corrected chi connectivity index (χ4v) is 2.34. The first-order chi connectivity index (χ1) is 13.2. The van der Waals surface area contributed by atoms with Crippen molar-refractivity contribution in [2.24, 2.45) is 5.16 Å². The molecule has 2 aromatic rings. The highest BCUT2D eigenvalue weighted by molar-refractivity contribution is 5.92. The number of nitrogens with one attached hydrogen (secondary N) is 1. The van der Waals surface area contributed by atoms with Crippen LogP contribution in [0.25, 0.3) is 0 Å². The van der Waals surface area contributed by atoms with Gasteiger partial charge in [-0.15, -0.1) is 0 Å². The molecule has 0 spiro atoms. The van der Waals surface area contributed by atoms with Gasteiger partial charge in [0.15, 0.2) is 18.1 Å². The second-order valence-electron chi connectivity index (χ2n) is 5.53. The lowest BCUT2D eigenvalue weighted by Gasteiger charge is -2.18. The average molecular weight is 370 g/mol. The molecular formula is C19H18N2O6. The van der Waals surface area contributed by atoms with Gasteiger partial charge in [-0.25, -0.2) is 4.79 Å². The van der Waals surface area contributed by atoms with E-state index in [0.29, 0.717) is 36.0 Å². The molecule has 0 atom stereocenters. The molecule has 0 fully saturated rings. The van der Waals surface area contributed by atoms with Crippen molar-refractivity contribution >= 4 is 23.8 Å². The van der Waals surface area contributed by atoms with Gasteiger partial charge in [-0.2, -0.15) is 0 Å². The Bertz CT molecular complexity index is 848. The van der Waals surface area contributed by atoms with Crippen LogP contribution in [0.3, 0.4) is 0 Å². The number of rotatable bonds is 6. The minimum absolute atomic E-state index is 0.245. The molecule has 27 heavy (non-hydrogen) atoms. The first-order valence-corrected chi connectivity index (χ1v) is 8.19. The van der Waals surface area contributed by atoms with Crippen LogP contribution < -0.4 is 14.8 Å². The van der Waals surface area contributed by atoms with Gasteiger partial charge in [-0.3, -0.25) is 4.79 Å². The number of amides is 1. The fourth-order valence-electron chi connectivity index (χ4n) is 2.34. The summed E-state index contributed by atoms with van der Waals surface area (Å²) >= 11 is 0. The molecule has 1 N–H and O–H groups in total. The summed E-state index contributed by atoms with van der Waals surface area (Å²) in [5.41, 5.74) is 1.74. The smallest absolute Gasteiger partial charge is 0.337 e. The van der Waals surface area contributed by atoms with Gasteiger partial charge in [-0.05, 0) is 29.8 Å². The Kier molecular flexibility index (Phi) is 5.88. The Labute approximate surface area is 155 Å². The average Bonchev–Trinajstić information content (AvgIpc) is 2.71. The third-order valence-electron chi connectivity index (χ3n) is 3.63. The molecule has 1 heterocycles. The molecule has 0 aliphatic carbocycles. The Morgan fingerprint density at radius 2 is 1.85 bits per heavy atom. The molecule has 0 unspecified atom stereocenters. The van der Waals surface area contributed by atoms with Crippen molar-refractivity contribution in [1.82, 2.24) is 0 Å². The molecule has 0 saturated carbocycles. The first-order valence-electron chi connectivity index (χ1n) is 8.19. The molecule has 8 nitrogen and oxygen atoms in total. The van der Waals surface area contributed by atoms with Gasteiger partial charge >= 0.3 is 5.97 Å². The van der Waals surface area contributed by atoms with Crippen LogP contribution in [-0.4, -0.2) is 45.0 Å². The minimum atomic E-state index is -0.412. The normalized spacial score (nSPS) is 12.5. The van der Waals surface area contributed by atoms with Crippen LogP contribution in [0.15, 0.2) is 47.6 Å². The lowest BCUT2D eigenvalue weighted by molar-refractivity contribution is -0.120. The van der Waals surface area contributed by atoms with E-state index in [1.54, 1.807) is 42.5 Å². The molecule has 0 aromatic heterocycles. The van der Waals surface area contributed by atoms with E-state index in [9.17, 15) is 9.59 Å². The zero-order chi connectivity index (χ0) is 19.1. The summed E-state index contributed by atoms with van der Waals surface area (Å²) in [5, 5.41) is 6.43. The summed E-state index contributed by atoms with van der Waals surface area (Å²) < 4.78 is 15.5. The fraction of sp³-hybridized carbons (Fsp3) is 0.211. The second kappa shape index (κ2) is 8.70. The number of benzene rings is 2. The van der Waals surface area contributed by atoms with Gasteiger partial charge in [-0.1, -0.05) is 17.3 Å². The summed E-state index contributed by atoms with van der Waals surface area (Å²) in [6.07, 6.45) is 1.44. The lowest BCUT2D eigenvalue weighted by Crippen LogP contribution is -2.18. The zero-order valence-electron chi connectivity index (χ0n) is 14.6. The molecule has 140 valence electrons. The van der Waals surface area contributed by atoms with E-state index in [4.69, 9.17) is 14.3 Å². The van der Waals surface area contributed by atoms with Crippen LogP contribution in [0.4, 0.5) is 5.69 Å². The molecule has 0 saturated heterocycles. The monoisotopic (exact) mass is 370 g/mol. The Morgan fingerprint density at radius 1 is 1.11 bits per heavy atom. The number of anilines is 1. The van der Waals surface area contributed by atoms with Crippen LogP contribution in [0, 0.1) is 0 Å². The molecule has 0 radical (unpaired) electrons. The number of ether oxygens (including phenoxy) is 3. The van der Waals surface area contributed by atoms with Crippen molar-refractivity contribution in [2.75, 3.05) is 32.2 Å². The van der Waals surface area contributed by atoms with Gasteiger partial charge in [0.25, 0.3) is 5.91 Å². The van der Waals surface area contributed by atoms with Crippen LogP contribution >= 0.6 is 0 Å².